The summed E-state index contributed by atoms with van der Waals surface area (Å²) in [6.45, 7) is 12.4. The van der Waals surface area contributed by atoms with Crippen LogP contribution in [0.5, 0.6) is 11.5 Å². The van der Waals surface area contributed by atoms with Crippen LogP contribution in [0.1, 0.15) is 38.8 Å². The van der Waals surface area contributed by atoms with Crippen LogP contribution in [-0.2, 0) is 21.4 Å². The number of esters is 1. The van der Waals surface area contributed by atoms with Gasteiger partial charge in [0.05, 0.1) is 6.61 Å². The van der Waals surface area contributed by atoms with Crippen molar-refractivity contribution >= 4 is 5.97 Å². The number of benzene rings is 2. The Morgan fingerprint density at radius 3 is 2.24 bits per heavy atom. The van der Waals surface area contributed by atoms with Crippen molar-refractivity contribution in [3.05, 3.63) is 59.7 Å². The summed E-state index contributed by atoms with van der Waals surface area (Å²) in [5.74, 6) is 2.53. The molecule has 2 fully saturated rings. The lowest BCUT2D eigenvalue weighted by Gasteiger charge is -2.21. The molecule has 2 aromatic rings. The number of nitrogens with two attached hydrogens (primary N) is 1. The molecule has 4 atom stereocenters. The molecule has 0 radical (unpaired) electrons. The summed E-state index contributed by atoms with van der Waals surface area (Å²) < 4.78 is 17.2. The van der Waals surface area contributed by atoms with Crippen molar-refractivity contribution in [2.45, 2.75) is 51.7 Å². The molecule has 2 N–H and O–H groups in total. The van der Waals surface area contributed by atoms with E-state index in [-0.39, 0.29) is 11.4 Å². The maximum absolute atomic E-state index is 12.6. The van der Waals surface area contributed by atoms with E-state index >= 15 is 0 Å². The molecule has 1 saturated heterocycles. The fourth-order valence-electron chi connectivity index (χ4n) is 4.68. The quantitative estimate of drug-likeness (QED) is 0.537. The van der Waals surface area contributed by atoms with Crippen LogP contribution in [-0.4, -0.2) is 55.9 Å². The number of carbonyl (C=O) groups excluding carboxylic acids is 1. The van der Waals surface area contributed by atoms with Gasteiger partial charge in [0.2, 0.25) is 0 Å². The van der Waals surface area contributed by atoms with Gasteiger partial charge in [0, 0.05) is 32.1 Å². The average Bonchev–Trinajstić information content (AvgIpc) is 3.18. The maximum atomic E-state index is 12.6. The van der Waals surface area contributed by atoms with Crippen molar-refractivity contribution in [1.82, 2.24) is 4.90 Å². The maximum Gasteiger partial charge on any atom is 0.347 e. The van der Waals surface area contributed by atoms with E-state index in [0.717, 1.165) is 30.9 Å². The average molecular weight is 467 g/mol. The van der Waals surface area contributed by atoms with Crippen LogP contribution in [0.25, 0.3) is 0 Å². The van der Waals surface area contributed by atoms with Crippen molar-refractivity contribution in [3.8, 4) is 11.5 Å². The molecule has 0 bridgehead atoms. The second-order valence-corrected chi connectivity index (χ2v) is 10.5. The molecule has 1 unspecified atom stereocenters. The molecule has 6 heteroatoms. The van der Waals surface area contributed by atoms with Crippen LogP contribution in [0.4, 0.5) is 0 Å². The Labute approximate surface area is 203 Å². The first-order chi connectivity index (χ1) is 16.2. The number of carbonyl (C=O) groups is 1. The van der Waals surface area contributed by atoms with E-state index in [9.17, 15) is 4.79 Å². The highest BCUT2D eigenvalue weighted by Gasteiger charge is 2.53. The van der Waals surface area contributed by atoms with Gasteiger partial charge in [0.15, 0.2) is 6.10 Å². The van der Waals surface area contributed by atoms with E-state index < -0.39 is 6.10 Å². The summed E-state index contributed by atoms with van der Waals surface area (Å²) in [7, 11) is 0. The first-order valence-electron chi connectivity index (χ1n) is 12.4. The van der Waals surface area contributed by atoms with Crippen molar-refractivity contribution in [2.24, 2.45) is 17.6 Å². The summed E-state index contributed by atoms with van der Waals surface area (Å²) in [5.41, 5.74) is 8.27. The highest BCUT2D eigenvalue weighted by Crippen LogP contribution is 2.43. The zero-order valence-electron chi connectivity index (χ0n) is 20.8. The molecular weight excluding hydrogens is 428 g/mol. The number of piperidine rings is 1. The predicted molar refractivity (Wildman–Crippen MR) is 133 cm³/mol. The normalized spacial score (nSPS) is 22.7. The smallest absolute Gasteiger partial charge is 0.347 e. The van der Waals surface area contributed by atoms with Crippen molar-refractivity contribution in [3.63, 3.8) is 0 Å². The summed E-state index contributed by atoms with van der Waals surface area (Å²) in [4.78, 5) is 15.0. The second-order valence-electron chi connectivity index (χ2n) is 10.5. The highest BCUT2D eigenvalue weighted by atomic mass is 16.6. The Bertz CT molecular complexity index is 940. The van der Waals surface area contributed by atoms with Crippen LogP contribution in [0, 0.1) is 11.8 Å². The molecule has 6 nitrogen and oxygen atoms in total. The number of likely N-dealkylation sites (tertiary alicyclic amines) is 1. The Balaban J connectivity index is 1.30. The van der Waals surface area contributed by atoms with Gasteiger partial charge in [-0.1, -0.05) is 45.0 Å². The third-order valence-electron chi connectivity index (χ3n) is 6.90. The Morgan fingerprint density at radius 1 is 1.03 bits per heavy atom. The van der Waals surface area contributed by atoms with Gasteiger partial charge in [0.25, 0.3) is 0 Å². The highest BCUT2D eigenvalue weighted by molar-refractivity contribution is 5.75. The monoisotopic (exact) mass is 466 g/mol. The number of ether oxygens (including phenoxy) is 3. The Kier molecular flexibility index (Phi) is 7.48. The zero-order valence-corrected chi connectivity index (χ0v) is 20.8. The molecule has 184 valence electrons. The zero-order chi connectivity index (χ0) is 24.3. The van der Waals surface area contributed by atoms with E-state index in [1.54, 1.807) is 6.92 Å². The fraction of sp³-hybridized carbons (Fsp3) is 0.536. The largest absolute Gasteiger partial charge is 0.492 e. The molecule has 34 heavy (non-hydrogen) atoms. The van der Waals surface area contributed by atoms with Gasteiger partial charge in [-0.3, -0.25) is 4.90 Å². The molecule has 1 aliphatic carbocycles. The lowest BCUT2D eigenvalue weighted by Crippen LogP contribution is -2.32. The van der Waals surface area contributed by atoms with Gasteiger partial charge in [0.1, 0.15) is 18.1 Å². The summed E-state index contributed by atoms with van der Waals surface area (Å²) in [6, 6.07) is 16.2. The van der Waals surface area contributed by atoms with Gasteiger partial charge in [-0.05, 0) is 59.6 Å². The van der Waals surface area contributed by atoms with E-state index in [1.165, 1.54) is 5.56 Å². The van der Waals surface area contributed by atoms with Crippen molar-refractivity contribution in [1.29, 1.82) is 0 Å². The van der Waals surface area contributed by atoms with Crippen molar-refractivity contribution in [2.75, 3.05) is 32.8 Å². The molecule has 2 aliphatic rings. The SMILES string of the molecule is CCOC(=O)[C@H](Cc1ccc(OCCN2C[C@@H]3C(N)[C@@H]3C2)cc1)Oc1ccc(C(C)(C)C)cc1. The Hall–Kier alpha value is -2.57. The molecule has 2 aromatic carbocycles. The van der Waals surface area contributed by atoms with Gasteiger partial charge >= 0.3 is 5.97 Å². The van der Waals surface area contributed by atoms with E-state index in [4.69, 9.17) is 19.9 Å². The third kappa shape index (κ3) is 6.10. The van der Waals surface area contributed by atoms with Gasteiger partial charge < -0.3 is 19.9 Å². The predicted octanol–water partition coefficient (Wildman–Crippen LogP) is 3.81. The minimum absolute atomic E-state index is 0.0608. The molecule has 0 spiro atoms. The van der Waals surface area contributed by atoms with E-state index in [2.05, 4.69) is 25.7 Å². The molecule has 0 amide bonds. The van der Waals surface area contributed by atoms with Gasteiger partial charge in [-0.2, -0.15) is 0 Å². The molecule has 1 heterocycles. The lowest BCUT2D eigenvalue weighted by atomic mass is 9.87. The minimum atomic E-state index is -0.708. The van der Waals surface area contributed by atoms with Crippen LogP contribution < -0.4 is 15.2 Å². The summed E-state index contributed by atoms with van der Waals surface area (Å²) in [6.07, 6.45) is -0.281. The fourth-order valence-corrected chi connectivity index (χ4v) is 4.68. The number of nitrogens with zero attached hydrogens (tertiary/aromatic N) is 1. The standard InChI is InChI=1S/C28H38N2O4/c1-5-32-27(31)25(34-22-12-8-20(9-13-22)28(2,3)4)16-19-6-10-21(11-7-19)33-15-14-30-17-23-24(18-30)26(23)29/h6-13,23-26H,5,14-18,29H2,1-4H3/t23-,24+,25-,26?/m0/s1. The first-order valence-corrected chi connectivity index (χ1v) is 12.4. The number of fused-ring (bicyclic) bond motifs is 1. The van der Waals surface area contributed by atoms with Crippen LogP contribution >= 0.6 is 0 Å². The van der Waals surface area contributed by atoms with Crippen LogP contribution in [0.15, 0.2) is 48.5 Å². The summed E-state index contributed by atoms with van der Waals surface area (Å²) >= 11 is 0. The van der Waals surface area contributed by atoms with Crippen LogP contribution in [0.3, 0.4) is 0 Å². The second kappa shape index (κ2) is 10.4. The topological polar surface area (TPSA) is 74.0 Å². The Morgan fingerprint density at radius 2 is 1.65 bits per heavy atom. The summed E-state index contributed by atoms with van der Waals surface area (Å²) in [5, 5.41) is 0. The molecular formula is C28H38N2O4. The number of hydrogen-bond donors (Lipinski definition) is 1. The molecule has 0 aromatic heterocycles. The molecule has 1 aliphatic heterocycles. The number of rotatable bonds is 10. The van der Waals surface area contributed by atoms with E-state index in [1.807, 2.05) is 48.5 Å². The van der Waals surface area contributed by atoms with Gasteiger partial charge in [-0.15, -0.1) is 0 Å². The first kappa shape index (κ1) is 24.6. The van der Waals surface area contributed by atoms with Crippen LogP contribution in [0.2, 0.25) is 0 Å². The third-order valence-corrected chi connectivity index (χ3v) is 6.90. The minimum Gasteiger partial charge on any atom is -0.492 e. The molecule has 4 rings (SSSR count). The van der Waals surface area contributed by atoms with E-state index in [0.29, 0.717) is 43.3 Å². The van der Waals surface area contributed by atoms with Crippen molar-refractivity contribution < 1.29 is 19.0 Å². The molecule has 1 saturated carbocycles. The number of hydrogen-bond acceptors (Lipinski definition) is 6. The van der Waals surface area contributed by atoms with Gasteiger partial charge in [-0.25, -0.2) is 4.79 Å². The lowest BCUT2D eigenvalue weighted by molar-refractivity contribution is -0.151.